The predicted octanol–water partition coefficient (Wildman–Crippen LogP) is 2.18. The molecule has 7 heteroatoms. The highest BCUT2D eigenvalue weighted by Gasteiger charge is 2.28. The number of hydrogen-bond donors (Lipinski definition) is 1. The molecule has 1 atom stereocenters. The van der Waals surface area contributed by atoms with Crippen LogP contribution in [-0.2, 0) is 25.9 Å². The molecule has 4 heterocycles. The first-order chi connectivity index (χ1) is 13.8. The lowest BCUT2D eigenvalue weighted by Gasteiger charge is -2.24. The summed E-state index contributed by atoms with van der Waals surface area (Å²) < 4.78 is 1.61. The minimum atomic E-state index is -0.0554. The molecule has 0 radical (unpaired) electrons. The Kier molecular flexibility index (Phi) is 4.52. The van der Waals surface area contributed by atoms with Gasteiger partial charge in [0.05, 0.1) is 17.9 Å². The largest absolute Gasteiger partial charge is 0.293 e. The van der Waals surface area contributed by atoms with Crippen LogP contribution in [0.1, 0.15) is 36.2 Å². The quantitative estimate of drug-likeness (QED) is 0.738. The zero-order valence-corrected chi connectivity index (χ0v) is 15.8. The van der Waals surface area contributed by atoms with E-state index in [1.165, 1.54) is 23.4 Å². The van der Waals surface area contributed by atoms with Crippen molar-refractivity contribution in [3.05, 3.63) is 64.0 Å². The molecule has 1 N–H and O–H groups in total. The topological polar surface area (TPSA) is 79.7 Å². The third kappa shape index (κ3) is 3.26. The molecule has 1 aliphatic carbocycles. The van der Waals surface area contributed by atoms with Gasteiger partial charge in [0.2, 0.25) is 0 Å². The molecule has 0 amide bonds. The Balaban J connectivity index is 1.35. The van der Waals surface area contributed by atoms with Crippen LogP contribution in [0.4, 0.5) is 0 Å². The van der Waals surface area contributed by atoms with E-state index in [4.69, 9.17) is 0 Å². The molecule has 0 saturated carbocycles. The smallest absolute Gasteiger partial charge is 0.266 e. The summed E-state index contributed by atoms with van der Waals surface area (Å²) in [5, 5.41) is 12.4. The number of fused-ring (bicyclic) bond motifs is 1. The van der Waals surface area contributed by atoms with Crippen LogP contribution < -0.4 is 5.56 Å². The van der Waals surface area contributed by atoms with Crippen LogP contribution in [0.15, 0.2) is 41.5 Å². The lowest BCUT2D eigenvalue weighted by molar-refractivity contribution is 0.214. The van der Waals surface area contributed by atoms with Gasteiger partial charge in [-0.05, 0) is 62.4 Å². The van der Waals surface area contributed by atoms with Crippen LogP contribution in [0.2, 0.25) is 0 Å². The molecule has 0 aromatic carbocycles. The molecular weight excluding hydrogens is 352 g/mol. The van der Waals surface area contributed by atoms with E-state index in [-0.39, 0.29) is 5.56 Å². The van der Waals surface area contributed by atoms with Crippen molar-refractivity contribution in [1.29, 1.82) is 0 Å². The van der Waals surface area contributed by atoms with Gasteiger partial charge in [0.1, 0.15) is 0 Å². The Hall–Kier alpha value is -2.80. The number of rotatable bonds is 5. The minimum absolute atomic E-state index is 0.0554. The summed E-state index contributed by atoms with van der Waals surface area (Å²) in [4.78, 5) is 19.0. The monoisotopic (exact) mass is 376 g/mol. The molecule has 0 bridgehead atoms. The molecule has 1 aliphatic heterocycles. The van der Waals surface area contributed by atoms with Gasteiger partial charge < -0.3 is 0 Å². The first kappa shape index (κ1) is 17.3. The highest BCUT2D eigenvalue weighted by atomic mass is 16.1. The van der Waals surface area contributed by atoms with E-state index in [0.717, 1.165) is 50.0 Å². The Morgan fingerprint density at radius 2 is 2.14 bits per heavy atom. The zero-order valence-electron chi connectivity index (χ0n) is 15.8. The van der Waals surface area contributed by atoms with E-state index in [1.807, 2.05) is 12.1 Å². The predicted molar refractivity (Wildman–Crippen MR) is 106 cm³/mol. The minimum Gasteiger partial charge on any atom is -0.293 e. The van der Waals surface area contributed by atoms with Crippen LogP contribution in [0.25, 0.3) is 11.3 Å². The van der Waals surface area contributed by atoms with Gasteiger partial charge in [-0.3, -0.25) is 19.8 Å². The summed E-state index contributed by atoms with van der Waals surface area (Å²) in [7, 11) is 0. The van der Waals surface area contributed by atoms with Gasteiger partial charge in [0.25, 0.3) is 5.56 Å². The Bertz CT molecular complexity index is 1020. The molecule has 2 aliphatic rings. The molecule has 1 saturated heterocycles. The van der Waals surface area contributed by atoms with Gasteiger partial charge in [-0.25, -0.2) is 4.68 Å². The van der Waals surface area contributed by atoms with Crippen LogP contribution in [0, 0.1) is 0 Å². The molecule has 1 fully saturated rings. The molecule has 0 spiro atoms. The number of aromatic nitrogens is 5. The van der Waals surface area contributed by atoms with Crippen LogP contribution in [0.3, 0.4) is 0 Å². The Morgan fingerprint density at radius 3 is 3.04 bits per heavy atom. The number of nitrogens with one attached hydrogen (secondary N) is 1. The highest BCUT2D eigenvalue weighted by Crippen LogP contribution is 2.27. The maximum Gasteiger partial charge on any atom is 0.266 e. The van der Waals surface area contributed by atoms with Crippen LogP contribution in [-0.4, -0.2) is 42.4 Å². The van der Waals surface area contributed by atoms with E-state index in [9.17, 15) is 4.79 Å². The van der Waals surface area contributed by atoms with Crippen LogP contribution in [0.5, 0.6) is 0 Å². The van der Waals surface area contributed by atoms with Gasteiger partial charge in [0, 0.05) is 42.3 Å². The lowest BCUT2D eigenvalue weighted by atomic mass is 10.1. The van der Waals surface area contributed by atoms with Crippen molar-refractivity contribution in [1.82, 2.24) is 29.9 Å². The van der Waals surface area contributed by atoms with E-state index >= 15 is 0 Å². The van der Waals surface area contributed by atoms with Gasteiger partial charge in [-0.15, -0.1) is 0 Å². The van der Waals surface area contributed by atoms with Crippen LogP contribution >= 0.6 is 0 Å². The zero-order chi connectivity index (χ0) is 18.9. The standard InChI is InChI=1S/C21H24N6O/c28-21-9-8-18(15-4-2-10-22-12-15)25-27(21)13-16-5-3-11-26(16)14-20-17-6-1-7-19(17)23-24-20/h2,4,8-10,12,16H,1,3,5-7,11,13-14H2,(H,23,24). The van der Waals surface area contributed by atoms with Crippen molar-refractivity contribution < 1.29 is 0 Å². The summed E-state index contributed by atoms with van der Waals surface area (Å²) in [6, 6.07) is 7.53. The average molecular weight is 376 g/mol. The normalized spacial score (nSPS) is 19.2. The second kappa shape index (κ2) is 7.31. The fourth-order valence-corrected chi connectivity index (χ4v) is 4.47. The number of likely N-dealkylation sites (tertiary alicyclic amines) is 1. The van der Waals surface area contributed by atoms with Gasteiger partial charge in [0.15, 0.2) is 0 Å². The fourth-order valence-electron chi connectivity index (χ4n) is 4.47. The number of hydrogen-bond acceptors (Lipinski definition) is 5. The van der Waals surface area contributed by atoms with Crippen molar-refractivity contribution in [3.63, 3.8) is 0 Å². The van der Waals surface area contributed by atoms with Gasteiger partial charge in [-0.1, -0.05) is 0 Å². The Morgan fingerprint density at radius 1 is 1.18 bits per heavy atom. The molecule has 3 aromatic rings. The molecule has 5 rings (SSSR count). The number of H-pyrrole nitrogens is 1. The molecule has 144 valence electrons. The van der Waals surface area contributed by atoms with E-state index in [2.05, 4.69) is 25.2 Å². The fraction of sp³-hybridized carbons (Fsp3) is 0.429. The van der Waals surface area contributed by atoms with E-state index < -0.39 is 0 Å². The maximum atomic E-state index is 12.4. The Labute approximate surface area is 163 Å². The van der Waals surface area contributed by atoms with Crippen molar-refractivity contribution in [2.45, 2.75) is 51.2 Å². The third-order valence-electron chi connectivity index (χ3n) is 5.95. The number of aryl methyl sites for hydroxylation is 1. The summed E-state index contributed by atoms with van der Waals surface area (Å²) >= 11 is 0. The second-order valence-corrected chi connectivity index (χ2v) is 7.73. The summed E-state index contributed by atoms with van der Waals surface area (Å²) in [6.07, 6.45) is 9.21. The van der Waals surface area contributed by atoms with Crippen molar-refractivity contribution >= 4 is 0 Å². The van der Waals surface area contributed by atoms with Crippen molar-refractivity contribution in [2.24, 2.45) is 0 Å². The molecule has 1 unspecified atom stereocenters. The number of nitrogens with zero attached hydrogens (tertiary/aromatic N) is 5. The lowest BCUT2D eigenvalue weighted by Crippen LogP contribution is -2.37. The van der Waals surface area contributed by atoms with Gasteiger partial charge >= 0.3 is 0 Å². The highest BCUT2D eigenvalue weighted by molar-refractivity contribution is 5.56. The first-order valence-electron chi connectivity index (χ1n) is 10.1. The maximum absolute atomic E-state index is 12.4. The molecule has 3 aromatic heterocycles. The van der Waals surface area contributed by atoms with E-state index in [0.29, 0.717) is 12.6 Å². The van der Waals surface area contributed by atoms with E-state index in [1.54, 1.807) is 29.2 Å². The average Bonchev–Trinajstić information content (AvgIpc) is 3.44. The number of pyridine rings is 1. The van der Waals surface area contributed by atoms with Crippen molar-refractivity contribution in [3.8, 4) is 11.3 Å². The summed E-state index contributed by atoms with van der Waals surface area (Å²) in [5.74, 6) is 0. The SMILES string of the molecule is O=c1ccc(-c2cccnc2)nn1CC1CCCN1Cc1n[nH]c2c1CCC2. The molecule has 7 nitrogen and oxygen atoms in total. The number of aromatic amines is 1. The summed E-state index contributed by atoms with van der Waals surface area (Å²) in [6.45, 7) is 2.51. The van der Waals surface area contributed by atoms with Gasteiger partial charge in [-0.2, -0.15) is 10.2 Å². The third-order valence-corrected chi connectivity index (χ3v) is 5.95. The first-order valence-corrected chi connectivity index (χ1v) is 10.1. The van der Waals surface area contributed by atoms with Crippen molar-refractivity contribution in [2.75, 3.05) is 6.54 Å². The second-order valence-electron chi connectivity index (χ2n) is 7.73. The molecule has 28 heavy (non-hydrogen) atoms. The molecular formula is C21H24N6O. The summed E-state index contributed by atoms with van der Waals surface area (Å²) in [5.41, 5.74) is 5.56.